The number of benzene rings is 1. The van der Waals surface area contributed by atoms with Gasteiger partial charge in [-0.15, -0.1) is 0 Å². The third-order valence-electron chi connectivity index (χ3n) is 3.60. The summed E-state index contributed by atoms with van der Waals surface area (Å²) in [6.07, 6.45) is 0.753. The number of para-hydroxylation sites is 2. The zero-order chi connectivity index (χ0) is 16.3. The Hall–Kier alpha value is -1.84. The number of rotatable bonds is 5. The molecule has 0 saturated carbocycles. The van der Waals surface area contributed by atoms with Crippen molar-refractivity contribution in [2.24, 2.45) is 11.3 Å². The Morgan fingerprint density at radius 1 is 1.27 bits per heavy atom. The predicted molar refractivity (Wildman–Crippen MR) is 90.7 cm³/mol. The number of amides is 1. The Balaban J connectivity index is 2.15. The fourth-order valence-electron chi connectivity index (χ4n) is 2.44. The summed E-state index contributed by atoms with van der Waals surface area (Å²) in [5, 5.41) is 3.00. The van der Waals surface area contributed by atoms with Gasteiger partial charge in [0.05, 0.1) is 11.0 Å². The molecule has 1 heterocycles. The minimum Gasteiger partial charge on any atom is -0.355 e. The highest BCUT2D eigenvalue weighted by molar-refractivity contribution is 5.81. The highest BCUT2D eigenvalue weighted by atomic mass is 16.2. The lowest BCUT2D eigenvalue weighted by atomic mass is 9.96. The molecule has 0 saturated heterocycles. The van der Waals surface area contributed by atoms with E-state index in [0.29, 0.717) is 12.5 Å². The molecule has 0 unspecified atom stereocenters. The molecule has 1 N–H and O–H groups in total. The predicted octanol–water partition coefficient (Wildman–Crippen LogP) is 3.40. The van der Waals surface area contributed by atoms with Crippen molar-refractivity contribution in [1.82, 2.24) is 14.9 Å². The summed E-state index contributed by atoms with van der Waals surface area (Å²) in [6.45, 7) is 11.8. The van der Waals surface area contributed by atoms with Crippen molar-refractivity contribution in [2.75, 3.05) is 6.54 Å². The third kappa shape index (κ3) is 3.87. The molecule has 0 radical (unpaired) electrons. The fraction of sp³-hybridized carbons (Fsp3) is 0.556. The first-order valence-corrected chi connectivity index (χ1v) is 8.01. The quantitative estimate of drug-likeness (QED) is 0.920. The summed E-state index contributed by atoms with van der Waals surface area (Å²) in [6, 6.07) is 8.22. The molecule has 2 rings (SSSR count). The molecule has 0 fully saturated rings. The van der Waals surface area contributed by atoms with Gasteiger partial charge in [0.2, 0.25) is 5.91 Å². The fourth-order valence-corrected chi connectivity index (χ4v) is 2.44. The molecule has 4 nitrogen and oxygen atoms in total. The van der Waals surface area contributed by atoms with Crippen LogP contribution in [0.25, 0.3) is 11.0 Å². The van der Waals surface area contributed by atoms with Gasteiger partial charge in [0.15, 0.2) is 0 Å². The van der Waals surface area contributed by atoms with E-state index in [1.165, 1.54) is 5.52 Å². The molecule has 1 amide bonds. The van der Waals surface area contributed by atoms with Crippen molar-refractivity contribution in [3.63, 3.8) is 0 Å². The standard InChI is InChI=1S/C18H27N3O/c1-13(2)12-21-15-9-7-6-8-14(15)20-16(21)10-11-19-17(22)18(3,4)5/h6-9,13H,10-12H2,1-5H3,(H,19,22). The lowest BCUT2D eigenvalue weighted by molar-refractivity contribution is -0.128. The van der Waals surface area contributed by atoms with Crippen LogP contribution >= 0.6 is 0 Å². The summed E-state index contributed by atoms with van der Waals surface area (Å²) in [5.41, 5.74) is 1.85. The summed E-state index contributed by atoms with van der Waals surface area (Å²) in [7, 11) is 0. The van der Waals surface area contributed by atoms with Crippen LogP contribution in [0.4, 0.5) is 0 Å². The van der Waals surface area contributed by atoms with Crippen LogP contribution < -0.4 is 5.32 Å². The molecule has 1 aromatic carbocycles. The number of carbonyl (C=O) groups is 1. The molecular formula is C18H27N3O. The van der Waals surface area contributed by atoms with Crippen LogP contribution in [0.3, 0.4) is 0 Å². The topological polar surface area (TPSA) is 46.9 Å². The van der Waals surface area contributed by atoms with Crippen molar-refractivity contribution in [2.45, 2.75) is 47.6 Å². The molecular weight excluding hydrogens is 274 g/mol. The normalized spacial score (nSPS) is 12.1. The lowest BCUT2D eigenvalue weighted by Crippen LogP contribution is -2.36. The van der Waals surface area contributed by atoms with Crippen molar-refractivity contribution >= 4 is 16.9 Å². The van der Waals surface area contributed by atoms with Crippen molar-refractivity contribution in [3.05, 3.63) is 30.1 Å². The minimum absolute atomic E-state index is 0.0824. The number of nitrogens with zero attached hydrogens (tertiary/aromatic N) is 2. The molecule has 1 aromatic heterocycles. The van der Waals surface area contributed by atoms with Crippen molar-refractivity contribution < 1.29 is 4.79 Å². The Morgan fingerprint density at radius 2 is 1.95 bits per heavy atom. The van der Waals surface area contributed by atoms with E-state index in [2.05, 4.69) is 29.8 Å². The van der Waals surface area contributed by atoms with Gasteiger partial charge in [-0.3, -0.25) is 4.79 Å². The number of fused-ring (bicyclic) bond motifs is 1. The van der Waals surface area contributed by atoms with Gasteiger partial charge in [0.25, 0.3) is 0 Å². The van der Waals surface area contributed by atoms with Crippen molar-refractivity contribution in [3.8, 4) is 0 Å². The molecule has 4 heteroatoms. The Labute approximate surface area is 132 Å². The van der Waals surface area contributed by atoms with Crippen LogP contribution in [0.1, 0.15) is 40.4 Å². The second-order valence-electron chi connectivity index (χ2n) is 7.28. The van der Waals surface area contributed by atoms with E-state index in [1.54, 1.807) is 0 Å². The number of carbonyl (C=O) groups excluding carboxylic acids is 1. The van der Waals surface area contributed by atoms with E-state index < -0.39 is 0 Å². The summed E-state index contributed by atoms with van der Waals surface area (Å²) >= 11 is 0. The van der Waals surface area contributed by atoms with Gasteiger partial charge in [-0.2, -0.15) is 0 Å². The SMILES string of the molecule is CC(C)Cn1c(CCNC(=O)C(C)(C)C)nc2ccccc21. The number of nitrogens with one attached hydrogen (secondary N) is 1. The first-order chi connectivity index (χ1) is 10.3. The van der Waals surface area contributed by atoms with Crippen LogP contribution in [0.2, 0.25) is 0 Å². The van der Waals surface area contributed by atoms with Crippen LogP contribution in [0, 0.1) is 11.3 Å². The number of hydrogen-bond acceptors (Lipinski definition) is 2. The molecule has 0 aliphatic heterocycles. The molecule has 120 valence electrons. The highest BCUT2D eigenvalue weighted by Crippen LogP contribution is 2.18. The second kappa shape index (κ2) is 6.51. The molecule has 0 aliphatic carbocycles. The molecule has 0 atom stereocenters. The van der Waals surface area contributed by atoms with Gasteiger partial charge in [-0.25, -0.2) is 4.98 Å². The number of hydrogen-bond donors (Lipinski definition) is 1. The average Bonchev–Trinajstić information content (AvgIpc) is 2.75. The van der Waals surface area contributed by atoms with E-state index in [-0.39, 0.29) is 11.3 Å². The van der Waals surface area contributed by atoms with Crippen LogP contribution in [-0.2, 0) is 17.8 Å². The zero-order valence-electron chi connectivity index (χ0n) is 14.3. The maximum Gasteiger partial charge on any atom is 0.225 e. The molecule has 0 aliphatic rings. The summed E-state index contributed by atoms with van der Waals surface area (Å²) < 4.78 is 2.28. The molecule has 2 aromatic rings. The van der Waals surface area contributed by atoms with Gasteiger partial charge in [0, 0.05) is 24.9 Å². The number of imidazole rings is 1. The van der Waals surface area contributed by atoms with Crippen LogP contribution in [0.5, 0.6) is 0 Å². The van der Waals surface area contributed by atoms with Crippen LogP contribution in [0.15, 0.2) is 24.3 Å². The van der Waals surface area contributed by atoms with Gasteiger partial charge in [0.1, 0.15) is 5.82 Å². The Morgan fingerprint density at radius 3 is 2.59 bits per heavy atom. The van der Waals surface area contributed by atoms with E-state index >= 15 is 0 Å². The smallest absolute Gasteiger partial charge is 0.225 e. The van der Waals surface area contributed by atoms with E-state index in [0.717, 1.165) is 24.3 Å². The maximum atomic E-state index is 12.0. The van der Waals surface area contributed by atoms with E-state index in [9.17, 15) is 4.79 Å². The largest absolute Gasteiger partial charge is 0.355 e. The summed E-state index contributed by atoms with van der Waals surface area (Å²) in [4.78, 5) is 16.7. The highest BCUT2D eigenvalue weighted by Gasteiger charge is 2.20. The Bertz CT molecular complexity index is 650. The van der Waals surface area contributed by atoms with E-state index in [4.69, 9.17) is 4.98 Å². The van der Waals surface area contributed by atoms with Gasteiger partial charge < -0.3 is 9.88 Å². The van der Waals surface area contributed by atoms with Crippen molar-refractivity contribution in [1.29, 1.82) is 0 Å². The third-order valence-corrected chi connectivity index (χ3v) is 3.60. The molecule has 0 spiro atoms. The van der Waals surface area contributed by atoms with Gasteiger partial charge in [-0.1, -0.05) is 46.8 Å². The monoisotopic (exact) mass is 301 g/mol. The van der Waals surface area contributed by atoms with Gasteiger partial charge >= 0.3 is 0 Å². The van der Waals surface area contributed by atoms with Gasteiger partial charge in [-0.05, 0) is 18.1 Å². The molecule has 0 bridgehead atoms. The second-order valence-corrected chi connectivity index (χ2v) is 7.28. The maximum absolute atomic E-state index is 12.0. The first kappa shape index (κ1) is 16.5. The van der Waals surface area contributed by atoms with Crippen LogP contribution in [-0.4, -0.2) is 22.0 Å². The Kier molecular flexibility index (Phi) is 4.89. The first-order valence-electron chi connectivity index (χ1n) is 8.01. The molecule has 22 heavy (non-hydrogen) atoms. The lowest BCUT2D eigenvalue weighted by Gasteiger charge is -2.18. The number of aromatic nitrogens is 2. The minimum atomic E-state index is -0.349. The summed E-state index contributed by atoms with van der Waals surface area (Å²) in [5.74, 6) is 1.68. The van der Waals surface area contributed by atoms with E-state index in [1.807, 2.05) is 39.0 Å². The average molecular weight is 301 g/mol. The zero-order valence-corrected chi connectivity index (χ0v) is 14.3.